The molecule has 0 radical (unpaired) electrons. The molecule has 0 atom stereocenters. The lowest BCUT2D eigenvalue weighted by Gasteiger charge is -2.01. The molecule has 2 aromatic heterocycles. The Morgan fingerprint density at radius 2 is 2.27 bits per heavy atom. The van der Waals surface area contributed by atoms with Crippen molar-refractivity contribution in [3.8, 4) is 6.07 Å². The van der Waals surface area contributed by atoms with Gasteiger partial charge in [-0.05, 0) is 24.0 Å². The Labute approximate surface area is 156 Å². The topological polar surface area (TPSA) is 109 Å². The second-order valence-corrected chi connectivity index (χ2v) is 6.94. The van der Waals surface area contributed by atoms with Gasteiger partial charge in [-0.25, -0.2) is 0 Å². The van der Waals surface area contributed by atoms with Crippen molar-refractivity contribution in [2.45, 2.75) is 12.1 Å². The van der Waals surface area contributed by atoms with E-state index in [1.165, 1.54) is 24.1 Å². The number of carbonyl (C=O) groups is 1. The van der Waals surface area contributed by atoms with Crippen LogP contribution in [0.1, 0.15) is 12.5 Å². The van der Waals surface area contributed by atoms with E-state index in [-0.39, 0.29) is 21.7 Å². The number of thioether (sulfide) groups is 1. The van der Waals surface area contributed by atoms with Crippen molar-refractivity contribution in [3.05, 3.63) is 51.9 Å². The SMILES string of the molecule is CCSc1nsc(NC(=O)/C(C#N)=C\c2coc3ccccc3c2=O)n1. The highest BCUT2D eigenvalue weighted by Crippen LogP contribution is 2.20. The third kappa shape index (κ3) is 3.82. The lowest BCUT2D eigenvalue weighted by atomic mass is 10.1. The molecule has 0 unspecified atom stereocenters. The molecule has 1 amide bonds. The minimum atomic E-state index is -0.663. The zero-order valence-corrected chi connectivity index (χ0v) is 15.2. The first-order valence-corrected chi connectivity index (χ1v) is 9.28. The van der Waals surface area contributed by atoms with Gasteiger partial charge in [0.05, 0.1) is 10.9 Å². The van der Waals surface area contributed by atoms with Gasteiger partial charge in [0, 0.05) is 11.5 Å². The number of nitriles is 1. The van der Waals surface area contributed by atoms with Gasteiger partial charge in [0.1, 0.15) is 23.5 Å². The van der Waals surface area contributed by atoms with Gasteiger partial charge in [-0.3, -0.25) is 14.9 Å². The highest BCUT2D eigenvalue weighted by Gasteiger charge is 2.14. The number of benzene rings is 1. The number of aromatic nitrogens is 2. The number of para-hydroxylation sites is 1. The fourth-order valence-electron chi connectivity index (χ4n) is 2.11. The van der Waals surface area contributed by atoms with E-state index in [0.717, 1.165) is 17.3 Å². The van der Waals surface area contributed by atoms with E-state index in [1.54, 1.807) is 30.3 Å². The number of hydrogen-bond donors (Lipinski definition) is 1. The molecule has 3 aromatic rings. The maximum Gasteiger partial charge on any atom is 0.268 e. The smallest absolute Gasteiger partial charge is 0.268 e. The van der Waals surface area contributed by atoms with Gasteiger partial charge in [0.15, 0.2) is 5.43 Å². The zero-order valence-electron chi connectivity index (χ0n) is 13.6. The first kappa shape index (κ1) is 17.8. The summed E-state index contributed by atoms with van der Waals surface area (Å²) in [7, 11) is 0. The number of nitrogens with zero attached hydrogens (tertiary/aromatic N) is 3. The molecule has 2 heterocycles. The fourth-order valence-corrected chi connectivity index (χ4v) is 3.38. The van der Waals surface area contributed by atoms with Crippen molar-refractivity contribution in [2.75, 3.05) is 11.1 Å². The molecule has 9 heteroatoms. The molecule has 1 aromatic carbocycles. The van der Waals surface area contributed by atoms with Crippen molar-refractivity contribution in [3.63, 3.8) is 0 Å². The Morgan fingerprint density at radius 3 is 3.04 bits per heavy atom. The van der Waals surface area contributed by atoms with Crippen LogP contribution in [0, 0.1) is 11.3 Å². The Balaban J connectivity index is 1.88. The van der Waals surface area contributed by atoms with Crippen LogP contribution in [0.2, 0.25) is 0 Å². The van der Waals surface area contributed by atoms with E-state index in [1.807, 2.05) is 6.92 Å². The molecule has 0 spiro atoms. The van der Waals surface area contributed by atoms with Crippen molar-refractivity contribution in [2.24, 2.45) is 0 Å². The second-order valence-electron chi connectivity index (χ2n) is 4.96. The molecule has 26 heavy (non-hydrogen) atoms. The molecule has 7 nitrogen and oxygen atoms in total. The number of amides is 1. The number of hydrogen-bond acceptors (Lipinski definition) is 8. The van der Waals surface area contributed by atoms with Crippen molar-refractivity contribution in [1.29, 1.82) is 5.26 Å². The highest BCUT2D eigenvalue weighted by molar-refractivity contribution is 7.99. The molecule has 0 bridgehead atoms. The largest absolute Gasteiger partial charge is 0.463 e. The lowest BCUT2D eigenvalue weighted by Crippen LogP contribution is -2.14. The number of anilines is 1. The number of nitrogens with one attached hydrogen (secondary N) is 1. The van der Waals surface area contributed by atoms with Crippen molar-refractivity contribution >= 4 is 51.4 Å². The van der Waals surface area contributed by atoms with E-state index in [2.05, 4.69) is 14.7 Å². The van der Waals surface area contributed by atoms with Gasteiger partial charge in [-0.2, -0.15) is 14.6 Å². The van der Waals surface area contributed by atoms with Crippen LogP contribution in [-0.4, -0.2) is 21.0 Å². The summed E-state index contributed by atoms with van der Waals surface area (Å²) in [4.78, 5) is 28.9. The van der Waals surface area contributed by atoms with E-state index in [9.17, 15) is 14.9 Å². The predicted molar refractivity (Wildman–Crippen MR) is 101 cm³/mol. The van der Waals surface area contributed by atoms with Gasteiger partial charge in [-0.15, -0.1) is 0 Å². The van der Waals surface area contributed by atoms with Gasteiger partial charge >= 0.3 is 0 Å². The molecule has 130 valence electrons. The van der Waals surface area contributed by atoms with E-state index >= 15 is 0 Å². The van der Waals surface area contributed by atoms with Gasteiger partial charge in [0.25, 0.3) is 5.91 Å². The number of fused-ring (bicyclic) bond motifs is 1. The summed E-state index contributed by atoms with van der Waals surface area (Å²) >= 11 is 2.47. The average Bonchev–Trinajstić information content (AvgIpc) is 3.08. The van der Waals surface area contributed by atoms with Crippen LogP contribution in [0.5, 0.6) is 0 Å². The molecule has 1 N–H and O–H groups in total. The summed E-state index contributed by atoms with van der Waals surface area (Å²) in [5.41, 5.74) is 0.0136. The van der Waals surface area contributed by atoms with Crippen LogP contribution in [-0.2, 0) is 4.79 Å². The minimum absolute atomic E-state index is 0.120. The molecule has 3 rings (SSSR count). The minimum Gasteiger partial charge on any atom is -0.463 e. The quantitative estimate of drug-likeness (QED) is 0.408. The van der Waals surface area contributed by atoms with Gasteiger partial charge < -0.3 is 4.42 Å². The summed E-state index contributed by atoms with van der Waals surface area (Å²) in [5.74, 6) is 0.148. The van der Waals surface area contributed by atoms with E-state index < -0.39 is 5.91 Å². The van der Waals surface area contributed by atoms with Crippen molar-refractivity contribution in [1.82, 2.24) is 9.36 Å². The molecule has 0 aliphatic heterocycles. The molecule has 0 aliphatic carbocycles. The van der Waals surface area contributed by atoms with Gasteiger partial charge in [-0.1, -0.05) is 30.8 Å². The van der Waals surface area contributed by atoms with Crippen molar-refractivity contribution < 1.29 is 9.21 Å². The Kier molecular flexibility index (Phi) is 5.46. The third-order valence-electron chi connectivity index (χ3n) is 3.27. The van der Waals surface area contributed by atoms with Crippen LogP contribution in [0.15, 0.2) is 50.5 Å². The number of rotatable bonds is 5. The van der Waals surface area contributed by atoms with Crippen LogP contribution >= 0.6 is 23.3 Å². The highest BCUT2D eigenvalue weighted by atomic mass is 32.2. The molecular weight excluding hydrogens is 372 g/mol. The van der Waals surface area contributed by atoms with Crippen LogP contribution in [0.3, 0.4) is 0 Å². The van der Waals surface area contributed by atoms with Gasteiger partial charge in [0.2, 0.25) is 10.3 Å². The maximum absolute atomic E-state index is 12.5. The molecule has 0 saturated heterocycles. The van der Waals surface area contributed by atoms with Crippen LogP contribution < -0.4 is 10.7 Å². The molecule has 0 saturated carbocycles. The maximum atomic E-state index is 12.5. The normalized spacial score (nSPS) is 11.3. The lowest BCUT2D eigenvalue weighted by molar-refractivity contribution is -0.112. The first-order valence-electron chi connectivity index (χ1n) is 7.52. The molecular formula is C17H12N4O3S2. The van der Waals surface area contributed by atoms with Crippen LogP contribution in [0.25, 0.3) is 17.0 Å². The Bertz CT molecular complexity index is 1100. The second kappa shape index (κ2) is 7.95. The Morgan fingerprint density at radius 1 is 1.46 bits per heavy atom. The molecule has 0 fully saturated rings. The summed E-state index contributed by atoms with van der Waals surface area (Å²) in [6.07, 6.45) is 2.44. The molecule has 0 aliphatic rings. The monoisotopic (exact) mass is 384 g/mol. The first-order chi connectivity index (χ1) is 12.6. The summed E-state index contributed by atoms with van der Waals surface area (Å²) in [6.45, 7) is 1.97. The zero-order chi connectivity index (χ0) is 18.5. The average molecular weight is 384 g/mol. The Hall–Kier alpha value is -2.96. The predicted octanol–water partition coefficient (Wildman–Crippen LogP) is 3.30. The summed E-state index contributed by atoms with van der Waals surface area (Å²) < 4.78 is 9.48. The fraction of sp³-hybridized carbons (Fsp3) is 0.118. The van der Waals surface area contributed by atoms with E-state index in [0.29, 0.717) is 16.1 Å². The summed E-state index contributed by atoms with van der Waals surface area (Å²) in [6, 6.07) is 8.56. The summed E-state index contributed by atoms with van der Waals surface area (Å²) in [5, 5.41) is 13.0. The number of carbonyl (C=O) groups excluding carboxylic acids is 1. The van der Waals surface area contributed by atoms with E-state index in [4.69, 9.17) is 4.42 Å². The van der Waals surface area contributed by atoms with Crippen LogP contribution in [0.4, 0.5) is 5.13 Å². The third-order valence-corrected chi connectivity index (χ3v) is 4.75. The standard InChI is InChI=1S/C17H12N4O3S2/c1-2-25-17-20-16(26-21-17)19-15(23)10(8-18)7-11-9-24-13-6-4-3-5-12(13)14(11)22/h3-7,9H,2H2,1H3,(H,19,20,21,23)/b10-7-.